The highest BCUT2D eigenvalue weighted by atomic mass is 32.2. The van der Waals surface area contributed by atoms with Gasteiger partial charge in [0, 0.05) is 13.1 Å². The Bertz CT molecular complexity index is 1060. The molecule has 0 aliphatic rings. The number of carbonyl (C=O) groups excluding carboxylic acids is 2. The van der Waals surface area contributed by atoms with Crippen molar-refractivity contribution >= 4 is 27.5 Å². The van der Waals surface area contributed by atoms with Crippen LogP contribution < -0.4 is 9.62 Å². The summed E-state index contributed by atoms with van der Waals surface area (Å²) in [6.45, 7) is 5.60. The van der Waals surface area contributed by atoms with Crippen LogP contribution in [0.1, 0.15) is 37.8 Å². The van der Waals surface area contributed by atoms with E-state index in [-0.39, 0.29) is 12.5 Å². The molecule has 0 aliphatic carbocycles. The third kappa shape index (κ3) is 7.56. The highest BCUT2D eigenvalue weighted by Gasteiger charge is 2.31. The van der Waals surface area contributed by atoms with Crippen LogP contribution in [0.25, 0.3) is 0 Å². The lowest BCUT2D eigenvalue weighted by molar-refractivity contribution is -0.140. The minimum atomic E-state index is -3.77. The summed E-state index contributed by atoms with van der Waals surface area (Å²) >= 11 is 0. The lowest BCUT2D eigenvalue weighted by Crippen LogP contribution is -2.52. The van der Waals surface area contributed by atoms with Crippen LogP contribution in [-0.4, -0.2) is 50.5 Å². The molecule has 9 heteroatoms. The number of amides is 2. The molecule has 0 saturated carbocycles. The minimum Gasteiger partial charge on any atom is -0.354 e. The predicted octanol–water partition coefficient (Wildman–Crippen LogP) is 3.23. The van der Waals surface area contributed by atoms with E-state index < -0.39 is 34.3 Å². The van der Waals surface area contributed by atoms with Gasteiger partial charge in [0.15, 0.2) is 0 Å². The molecule has 7 nitrogen and oxygen atoms in total. The topological polar surface area (TPSA) is 86.8 Å². The van der Waals surface area contributed by atoms with Crippen LogP contribution in [0.3, 0.4) is 0 Å². The number of sulfonamides is 1. The van der Waals surface area contributed by atoms with Crippen molar-refractivity contribution in [2.45, 2.75) is 46.2 Å². The standard InChI is InChI=1S/C24H32FN3O4S/c1-5-14-26-24(30)22(6-2)27(16-19-10-12-20(25)13-11-19)23(29)17-28(33(4,31)32)21-9-7-8-18(3)15-21/h7-13,15,22H,5-6,14,16-17H2,1-4H3,(H,26,30)/t22-/m0/s1. The average Bonchev–Trinajstić information content (AvgIpc) is 2.76. The lowest BCUT2D eigenvalue weighted by atomic mass is 10.1. The first-order valence-corrected chi connectivity index (χ1v) is 12.8. The van der Waals surface area contributed by atoms with Crippen molar-refractivity contribution in [1.29, 1.82) is 0 Å². The van der Waals surface area contributed by atoms with E-state index in [0.29, 0.717) is 24.2 Å². The normalized spacial score (nSPS) is 12.2. The molecule has 2 aromatic carbocycles. The monoisotopic (exact) mass is 477 g/mol. The molecular formula is C24H32FN3O4S. The Balaban J connectivity index is 2.41. The number of halogens is 1. The van der Waals surface area contributed by atoms with Gasteiger partial charge in [-0.15, -0.1) is 0 Å². The molecule has 0 bridgehead atoms. The molecule has 0 saturated heterocycles. The van der Waals surface area contributed by atoms with Crippen molar-refractivity contribution in [3.05, 3.63) is 65.5 Å². The quantitative estimate of drug-likeness (QED) is 0.538. The average molecular weight is 478 g/mol. The lowest BCUT2D eigenvalue weighted by Gasteiger charge is -2.33. The molecule has 0 aliphatic heterocycles. The fraction of sp³-hybridized carbons (Fsp3) is 0.417. The minimum absolute atomic E-state index is 0.0442. The zero-order valence-corrected chi connectivity index (χ0v) is 20.4. The zero-order valence-electron chi connectivity index (χ0n) is 19.5. The van der Waals surface area contributed by atoms with Gasteiger partial charge in [0.1, 0.15) is 18.4 Å². The smallest absolute Gasteiger partial charge is 0.244 e. The van der Waals surface area contributed by atoms with Crippen LogP contribution in [0.5, 0.6) is 0 Å². The van der Waals surface area contributed by atoms with Crippen LogP contribution in [0, 0.1) is 12.7 Å². The summed E-state index contributed by atoms with van der Waals surface area (Å²) in [5.74, 6) is -1.24. The number of hydrogen-bond donors (Lipinski definition) is 1. The van der Waals surface area contributed by atoms with E-state index >= 15 is 0 Å². The number of carbonyl (C=O) groups is 2. The van der Waals surface area contributed by atoms with Crippen molar-refractivity contribution in [3.8, 4) is 0 Å². The maximum atomic E-state index is 13.5. The van der Waals surface area contributed by atoms with Gasteiger partial charge in [-0.05, 0) is 55.2 Å². The largest absolute Gasteiger partial charge is 0.354 e. The third-order valence-electron chi connectivity index (χ3n) is 5.17. The van der Waals surface area contributed by atoms with E-state index in [9.17, 15) is 22.4 Å². The number of aryl methyl sites for hydroxylation is 1. The van der Waals surface area contributed by atoms with Gasteiger partial charge >= 0.3 is 0 Å². The van der Waals surface area contributed by atoms with E-state index in [4.69, 9.17) is 0 Å². The summed E-state index contributed by atoms with van der Waals surface area (Å²) in [7, 11) is -3.77. The molecule has 0 radical (unpaired) electrons. The van der Waals surface area contributed by atoms with Gasteiger partial charge in [-0.25, -0.2) is 12.8 Å². The van der Waals surface area contributed by atoms with Gasteiger partial charge in [-0.2, -0.15) is 0 Å². The molecule has 1 atom stereocenters. The van der Waals surface area contributed by atoms with Gasteiger partial charge < -0.3 is 10.2 Å². The fourth-order valence-corrected chi connectivity index (χ4v) is 4.31. The van der Waals surface area contributed by atoms with Crippen molar-refractivity contribution in [2.75, 3.05) is 23.7 Å². The van der Waals surface area contributed by atoms with Crippen LogP contribution in [-0.2, 0) is 26.2 Å². The molecule has 1 N–H and O–H groups in total. The number of rotatable bonds is 11. The van der Waals surface area contributed by atoms with E-state index in [2.05, 4.69) is 5.32 Å². The summed E-state index contributed by atoms with van der Waals surface area (Å²) in [6, 6.07) is 11.7. The van der Waals surface area contributed by atoms with Gasteiger partial charge in [-0.3, -0.25) is 13.9 Å². The number of anilines is 1. The molecule has 0 aromatic heterocycles. The van der Waals surface area contributed by atoms with Gasteiger partial charge in [0.25, 0.3) is 0 Å². The fourth-order valence-electron chi connectivity index (χ4n) is 3.47. The number of nitrogens with one attached hydrogen (secondary N) is 1. The molecule has 2 aromatic rings. The summed E-state index contributed by atoms with van der Waals surface area (Å²) in [5.41, 5.74) is 1.85. The zero-order chi connectivity index (χ0) is 24.6. The summed E-state index contributed by atoms with van der Waals surface area (Å²) in [5, 5.41) is 2.81. The first-order chi connectivity index (χ1) is 15.6. The third-order valence-corrected chi connectivity index (χ3v) is 6.31. The maximum Gasteiger partial charge on any atom is 0.244 e. The molecule has 2 amide bonds. The van der Waals surface area contributed by atoms with Crippen LogP contribution >= 0.6 is 0 Å². The second-order valence-corrected chi connectivity index (χ2v) is 9.88. The first kappa shape index (κ1) is 26.3. The van der Waals surface area contributed by atoms with Crippen LogP contribution in [0.2, 0.25) is 0 Å². The van der Waals surface area contributed by atoms with Crippen molar-refractivity contribution < 1.29 is 22.4 Å². The summed E-state index contributed by atoms with van der Waals surface area (Å²) < 4.78 is 39.5. The summed E-state index contributed by atoms with van der Waals surface area (Å²) in [4.78, 5) is 27.7. The molecule has 0 heterocycles. The van der Waals surface area contributed by atoms with Gasteiger partial charge in [0.2, 0.25) is 21.8 Å². The van der Waals surface area contributed by atoms with E-state index in [1.54, 1.807) is 37.3 Å². The van der Waals surface area contributed by atoms with E-state index in [1.165, 1.54) is 17.0 Å². The first-order valence-electron chi connectivity index (χ1n) is 10.9. The number of nitrogens with zero attached hydrogens (tertiary/aromatic N) is 2. The molecule has 33 heavy (non-hydrogen) atoms. The second-order valence-electron chi connectivity index (χ2n) is 7.97. The van der Waals surface area contributed by atoms with E-state index in [1.807, 2.05) is 19.9 Å². The molecule has 2 rings (SSSR count). The van der Waals surface area contributed by atoms with Crippen molar-refractivity contribution in [2.24, 2.45) is 0 Å². The number of benzene rings is 2. The SMILES string of the molecule is CCCNC(=O)[C@H](CC)N(Cc1ccc(F)cc1)C(=O)CN(c1cccc(C)c1)S(C)(=O)=O. The highest BCUT2D eigenvalue weighted by molar-refractivity contribution is 7.92. The van der Waals surface area contributed by atoms with E-state index in [0.717, 1.165) is 22.5 Å². The van der Waals surface area contributed by atoms with Crippen molar-refractivity contribution in [3.63, 3.8) is 0 Å². The Morgan fingerprint density at radius 3 is 2.30 bits per heavy atom. The second kappa shape index (κ2) is 11.8. The number of hydrogen-bond acceptors (Lipinski definition) is 4. The molecule has 180 valence electrons. The molecule has 0 fully saturated rings. The van der Waals surface area contributed by atoms with Crippen LogP contribution in [0.15, 0.2) is 48.5 Å². The Morgan fingerprint density at radius 1 is 1.09 bits per heavy atom. The van der Waals surface area contributed by atoms with Crippen LogP contribution in [0.4, 0.5) is 10.1 Å². The predicted molar refractivity (Wildman–Crippen MR) is 128 cm³/mol. The van der Waals surface area contributed by atoms with Gasteiger partial charge in [0.05, 0.1) is 11.9 Å². The maximum absolute atomic E-state index is 13.5. The highest BCUT2D eigenvalue weighted by Crippen LogP contribution is 2.21. The molecule has 0 spiro atoms. The van der Waals surface area contributed by atoms with Gasteiger partial charge in [-0.1, -0.05) is 38.1 Å². The Labute approximate surface area is 195 Å². The molecular weight excluding hydrogens is 445 g/mol. The van der Waals surface area contributed by atoms with Crippen molar-refractivity contribution in [1.82, 2.24) is 10.2 Å². The Morgan fingerprint density at radius 2 is 1.76 bits per heavy atom. The Kier molecular flexibility index (Phi) is 9.40. The molecule has 0 unspecified atom stereocenters. The summed E-state index contributed by atoms with van der Waals surface area (Å²) in [6.07, 6.45) is 2.12. The Hall–Kier alpha value is -2.94.